The molecule has 19 heavy (non-hydrogen) atoms. The van der Waals surface area contributed by atoms with Crippen LogP contribution in [-0.4, -0.2) is 19.2 Å². The zero-order valence-corrected chi connectivity index (χ0v) is 12.7. The molecule has 1 aromatic rings. The van der Waals surface area contributed by atoms with Crippen molar-refractivity contribution < 1.29 is 4.74 Å². The van der Waals surface area contributed by atoms with Gasteiger partial charge in [0.15, 0.2) is 0 Å². The van der Waals surface area contributed by atoms with E-state index >= 15 is 0 Å². The van der Waals surface area contributed by atoms with Crippen LogP contribution < -0.4 is 10.1 Å². The Labute approximate surface area is 117 Å². The van der Waals surface area contributed by atoms with Gasteiger partial charge in [0.2, 0.25) is 0 Å². The minimum atomic E-state index is 0.525. The van der Waals surface area contributed by atoms with Crippen molar-refractivity contribution in [2.24, 2.45) is 0 Å². The van der Waals surface area contributed by atoms with E-state index in [2.05, 4.69) is 63.4 Å². The first-order valence-corrected chi connectivity index (χ1v) is 7.20. The van der Waals surface area contributed by atoms with Crippen molar-refractivity contribution in [3.8, 4) is 5.75 Å². The van der Waals surface area contributed by atoms with Crippen LogP contribution in [0, 0.1) is 0 Å². The van der Waals surface area contributed by atoms with E-state index in [1.807, 2.05) is 0 Å². The summed E-state index contributed by atoms with van der Waals surface area (Å²) in [6.07, 6.45) is 4.33. The summed E-state index contributed by atoms with van der Waals surface area (Å²) in [5, 5.41) is 3.50. The van der Waals surface area contributed by atoms with Crippen LogP contribution in [0.2, 0.25) is 0 Å². The number of rotatable bonds is 8. The molecule has 0 aliphatic carbocycles. The molecule has 1 unspecified atom stereocenters. The minimum Gasteiger partial charge on any atom is -0.490 e. The Hall–Kier alpha value is -1.28. The topological polar surface area (TPSA) is 21.3 Å². The lowest BCUT2D eigenvalue weighted by Gasteiger charge is -2.13. The fourth-order valence-electron chi connectivity index (χ4n) is 1.84. The van der Waals surface area contributed by atoms with E-state index in [-0.39, 0.29) is 0 Å². The van der Waals surface area contributed by atoms with Gasteiger partial charge in [0.05, 0.1) is 0 Å². The van der Waals surface area contributed by atoms with Gasteiger partial charge < -0.3 is 10.1 Å². The third-order valence-corrected chi connectivity index (χ3v) is 2.95. The molecule has 1 N–H and O–H groups in total. The third-order valence-electron chi connectivity index (χ3n) is 2.95. The molecule has 2 heteroatoms. The third kappa shape index (κ3) is 7.02. The van der Waals surface area contributed by atoms with Gasteiger partial charge in [-0.05, 0) is 63.9 Å². The number of ether oxygens (including phenoxy) is 1. The fraction of sp³-hybridized carbons (Fsp3) is 0.529. The number of benzene rings is 1. The molecule has 0 bridgehead atoms. The lowest BCUT2D eigenvalue weighted by molar-refractivity contribution is 0.362. The first-order chi connectivity index (χ1) is 9.11. The Morgan fingerprint density at radius 3 is 2.53 bits per heavy atom. The zero-order valence-electron chi connectivity index (χ0n) is 12.7. The van der Waals surface area contributed by atoms with Gasteiger partial charge in [-0.15, -0.1) is 0 Å². The maximum atomic E-state index is 5.65. The van der Waals surface area contributed by atoms with Crippen LogP contribution in [0.25, 0.3) is 0 Å². The predicted octanol–water partition coefficient (Wildman–Crippen LogP) is 3.96. The van der Waals surface area contributed by atoms with Crippen molar-refractivity contribution in [2.75, 3.05) is 13.2 Å². The van der Waals surface area contributed by atoms with E-state index in [1.54, 1.807) is 0 Å². The molecular formula is C17H27NO. The quantitative estimate of drug-likeness (QED) is 0.715. The molecule has 0 aliphatic rings. The Kier molecular flexibility index (Phi) is 7.27. The fourth-order valence-corrected chi connectivity index (χ4v) is 1.84. The van der Waals surface area contributed by atoms with E-state index < -0.39 is 0 Å². The first kappa shape index (κ1) is 15.8. The molecule has 1 atom stereocenters. The summed E-state index contributed by atoms with van der Waals surface area (Å²) in [6.45, 7) is 10.3. The number of allylic oxidation sites excluding steroid dienone is 1. The smallest absolute Gasteiger partial charge is 0.119 e. The maximum absolute atomic E-state index is 5.65. The standard InChI is InChI=1S/C17H27NO/c1-5-11-18-15(4)13-16-6-8-17(9-7-16)19-12-10-14(2)3/h6-10,15,18H,5,11-13H2,1-4H3. The van der Waals surface area contributed by atoms with E-state index in [0.29, 0.717) is 12.6 Å². The van der Waals surface area contributed by atoms with Crippen LogP contribution in [-0.2, 0) is 6.42 Å². The van der Waals surface area contributed by atoms with Gasteiger partial charge in [-0.3, -0.25) is 0 Å². The van der Waals surface area contributed by atoms with Crippen LogP contribution in [0.1, 0.15) is 39.7 Å². The molecule has 0 saturated heterocycles. The van der Waals surface area contributed by atoms with Crippen LogP contribution >= 0.6 is 0 Å². The summed E-state index contributed by atoms with van der Waals surface area (Å²) in [4.78, 5) is 0. The molecular weight excluding hydrogens is 234 g/mol. The summed E-state index contributed by atoms with van der Waals surface area (Å²) in [7, 11) is 0. The summed E-state index contributed by atoms with van der Waals surface area (Å²) in [6, 6.07) is 8.95. The number of nitrogens with one attached hydrogen (secondary N) is 1. The highest BCUT2D eigenvalue weighted by molar-refractivity contribution is 5.28. The van der Waals surface area contributed by atoms with Crippen molar-refractivity contribution in [1.82, 2.24) is 5.32 Å². The van der Waals surface area contributed by atoms with Crippen molar-refractivity contribution in [3.05, 3.63) is 41.5 Å². The van der Waals surface area contributed by atoms with Gasteiger partial charge in [0, 0.05) is 6.04 Å². The SMILES string of the molecule is CCCNC(C)Cc1ccc(OCC=C(C)C)cc1. The molecule has 0 aromatic heterocycles. The Balaban J connectivity index is 2.40. The second kappa shape index (κ2) is 8.76. The van der Waals surface area contributed by atoms with Crippen molar-refractivity contribution >= 4 is 0 Å². The largest absolute Gasteiger partial charge is 0.490 e. The van der Waals surface area contributed by atoms with Crippen molar-refractivity contribution in [2.45, 2.75) is 46.6 Å². The van der Waals surface area contributed by atoms with Crippen molar-refractivity contribution in [3.63, 3.8) is 0 Å². The maximum Gasteiger partial charge on any atom is 0.119 e. The first-order valence-electron chi connectivity index (χ1n) is 7.20. The molecule has 0 fully saturated rings. The molecule has 1 rings (SSSR count). The number of hydrogen-bond acceptors (Lipinski definition) is 2. The average Bonchev–Trinajstić information content (AvgIpc) is 2.38. The van der Waals surface area contributed by atoms with Crippen molar-refractivity contribution in [1.29, 1.82) is 0 Å². The average molecular weight is 261 g/mol. The zero-order chi connectivity index (χ0) is 14.1. The molecule has 0 radical (unpaired) electrons. The van der Waals surface area contributed by atoms with Crippen LogP contribution in [0.4, 0.5) is 0 Å². The number of hydrogen-bond donors (Lipinski definition) is 1. The summed E-state index contributed by atoms with van der Waals surface area (Å²) in [5.41, 5.74) is 2.64. The van der Waals surface area contributed by atoms with Crippen LogP contribution in [0.15, 0.2) is 35.9 Å². The Morgan fingerprint density at radius 2 is 1.95 bits per heavy atom. The predicted molar refractivity (Wildman–Crippen MR) is 82.8 cm³/mol. The molecule has 0 saturated carbocycles. The molecule has 0 aliphatic heterocycles. The minimum absolute atomic E-state index is 0.525. The van der Waals surface area contributed by atoms with E-state index in [1.165, 1.54) is 17.6 Å². The highest BCUT2D eigenvalue weighted by Gasteiger charge is 2.02. The Morgan fingerprint density at radius 1 is 1.26 bits per heavy atom. The molecule has 2 nitrogen and oxygen atoms in total. The highest BCUT2D eigenvalue weighted by atomic mass is 16.5. The highest BCUT2D eigenvalue weighted by Crippen LogP contribution is 2.13. The molecule has 1 aromatic carbocycles. The monoisotopic (exact) mass is 261 g/mol. The lowest BCUT2D eigenvalue weighted by Crippen LogP contribution is -2.28. The van der Waals surface area contributed by atoms with Crippen LogP contribution in [0.5, 0.6) is 5.75 Å². The normalized spacial score (nSPS) is 12.0. The van der Waals surface area contributed by atoms with Gasteiger partial charge in [-0.25, -0.2) is 0 Å². The lowest BCUT2D eigenvalue weighted by atomic mass is 10.1. The van der Waals surface area contributed by atoms with E-state index in [9.17, 15) is 0 Å². The molecule has 0 amide bonds. The van der Waals surface area contributed by atoms with E-state index in [0.717, 1.165) is 18.7 Å². The van der Waals surface area contributed by atoms with Gasteiger partial charge in [-0.1, -0.05) is 24.6 Å². The van der Waals surface area contributed by atoms with Gasteiger partial charge in [0.1, 0.15) is 12.4 Å². The second-order valence-corrected chi connectivity index (χ2v) is 5.30. The molecule has 106 valence electrons. The van der Waals surface area contributed by atoms with Crippen LogP contribution in [0.3, 0.4) is 0 Å². The second-order valence-electron chi connectivity index (χ2n) is 5.30. The van der Waals surface area contributed by atoms with Gasteiger partial charge in [-0.2, -0.15) is 0 Å². The van der Waals surface area contributed by atoms with Gasteiger partial charge >= 0.3 is 0 Å². The summed E-state index contributed by atoms with van der Waals surface area (Å²) < 4.78 is 5.65. The summed E-state index contributed by atoms with van der Waals surface area (Å²) in [5.74, 6) is 0.940. The Bertz CT molecular complexity index is 377. The molecule has 0 spiro atoms. The van der Waals surface area contributed by atoms with E-state index in [4.69, 9.17) is 4.74 Å². The summed E-state index contributed by atoms with van der Waals surface area (Å²) >= 11 is 0. The molecule has 0 heterocycles. The van der Waals surface area contributed by atoms with Gasteiger partial charge in [0.25, 0.3) is 0 Å².